The van der Waals surface area contributed by atoms with Crippen molar-refractivity contribution in [1.29, 1.82) is 0 Å². The summed E-state index contributed by atoms with van der Waals surface area (Å²) in [4.78, 5) is 3.66. The topological polar surface area (TPSA) is 38.4 Å². The Morgan fingerprint density at radius 3 is 2.29 bits per heavy atom. The largest absolute Gasteiger partial charge is 0.390 e. The van der Waals surface area contributed by atoms with E-state index in [1.165, 1.54) is 6.34 Å². The van der Waals surface area contributed by atoms with E-state index in [0.29, 0.717) is 0 Å². The van der Waals surface area contributed by atoms with Crippen molar-refractivity contribution in [1.82, 2.24) is 0 Å². The first kappa shape index (κ1) is 6.21. The fraction of sp³-hybridized carbons (Fsp3) is 0.400. The highest BCUT2D eigenvalue weighted by Crippen LogP contribution is 1.85. The molecule has 0 fully saturated rings. The van der Waals surface area contributed by atoms with Gasteiger partial charge in [0, 0.05) is 6.20 Å². The fourth-order valence-electron chi connectivity index (χ4n) is 0.192. The number of rotatable bonds is 1. The van der Waals surface area contributed by atoms with Crippen LogP contribution in [0.15, 0.2) is 16.8 Å². The van der Waals surface area contributed by atoms with Gasteiger partial charge in [-0.05, 0) is 13.8 Å². The van der Waals surface area contributed by atoms with Gasteiger partial charge in [-0.25, -0.2) is 4.99 Å². The van der Waals surface area contributed by atoms with Crippen LogP contribution >= 0.6 is 0 Å². The van der Waals surface area contributed by atoms with Gasteiger partial charge in [0.1, 0.15) is 0 Å². The molecule has 0 aliphatic carbocycles. The minimum Gasteiger partial charge on any atom is -0.390 e. The molecule has 2 N–H and O–H groups in total. The first-order chi connectivity index (χ1) is 3.27. The Balaban J connectivity index is 3.46. The predicted octanol–water partition coefficient (Wildman–Crippen LogP) is 0.897. The van der Waals surface area contributed by atoms with Gasteiger partial charge in [-0.3, -0.25) is 0 Å². The summed E-state index contributed by atoms with van der Waals surface area (Å²) in [5, 5.41) is 0. The van der Waals surface area contributed by atoms with Gasteiger partial charge >= 0.3 is 0 Å². The lowest BCUT2D eigenvalue weighted by Crippen LogP contribution is -1.85. The van der Waals surface area contributed by atoms with Gasteiger partial charge in [0.15, 0.2) is 0 Å². The van der Waals surface area contributed by atoms with E-state index in [1.807, 2.05) is 13.8 Å². The molecule has 0 aromatic rings. The molecule has 40 valence electrons. The highest BCUT2D eigenvalue weighted by Gasteiger charge is 1.66. The Labute approximate surface area is 43.7 Å². The average molecular weight is 98.1 g/mol. The predicted molar refractivity (Wildman–Crippen MR) is 32.1 cm³/mol. The van der Waals surface area contributed by atoms with Crippen LogP contribution in [0.5, 0.6) is 0 Å². The highest BCUT2D eigenvalue weighted by atomic mass is 14.8. The fourth-order valence-corrected chi connectivity index (χ4v) is 0.192. The first-order valence-electron chi connectivity index (χ1n) is 2.14. The van der Waals surface area contributed by atoms with Crippen molar-refractivity contribution in [2.45, 2.75) is 13.8 Å². The first-order valence-corrected chi connectivity index (χ1v) is 2.14. The van der Waals surface area contributed by atoms with E-state index in [9.17, 15) is 0 Å². The van der Waals surface area contributed by atoms with E-state index in [0.717, 1.165) is 5.57 Å². The molecule has 0 aromatic carbocycles. The minimum atomic E-state index is 1.15. The summed E-state index contributed by atoms with van der Waals surface area (Å²) in [6.45, 7) is 3.93. The molecule has 7 heavy (non-hydrogen) atoms. The van der Waals surface area contributed by atoms with Crippen LogP contribution < -0.4 is 5.73 Å². The maximum atomic E-state index is 4.94. The van der Waals surface area contributed by atoms with Crippen molar-refractivity contribution >= 4 is 6.34 Å². The van der Waals surface area contributed by atoms with Gasteiger partial charge in [0.2, 0.25) is 0 Å². The molecule has 0 spiro atoms. The summed E-state index contributed by atoms with van der Waals surface area (Å²) in [5.74, 6) is 0. The molecule has 0 radical (unpaired) electrons. The number of nitrogens with two attached hydrogens (primary N) is 1. The van der Waals surface area contributed by atoms with Gasteiger partial charge in [-0.2, -0.15) is 0 Å². The third kappa shape index (κ3) is 5.21. The molecule has 0 aliphatic rings. The number of nitrogens with zero attached hydrogens (tertiary/aromatic N) is 1. The van der Waals surface area contributed by atoms with E-state index >= 15 is 0 Å². The van der Waals surface area contributed by atoms with Crippen LogP contribution in [0.3, 0.4) is 0 Å². The molecule has 0 atom stereocenters. The molecular weight excluding hydrogens is 88.1 g/mol. The SMILES string of the molecule is CC(C)=C/N=C\N. The molecule has 0 aromatic heterocycles. The van der Waals surface area contributed by atoms with Crippen LogP contribution in [0, 0.1) is 0 Å². The molecule has 0 saturated carbocycles. The Morgan fingerprint density at radius 1 is 1.57 bits per heavy atom. The molecule has 0 unspecified atom stereocenters. The van der Waals surface area contributed by atoms with Gasteiger partial charge in [-0.15, -0.1) is 0 Å². The van der Waals surface area contributed by atoms with Crippen LogP contribution in [0.4, 0.5) is 0 Å². The zero-order chi connectivity index (χ0) is 5.70. The molecule has 0 saturated heterocycles. The molecule has 2 heteroatoms. The number of aliphatic imine (C=N–C) groups is 1. The third-order valence-electron chi connectivity index (χ3n) is 0.419. The van der Waals surface area contributed by atoms with Gasteiger partial charge in [0.05, 0.1) is 6.34 Å². The van der Waals surface area contributed by atoms with E-state index in [-0.39, 0.29) is 0 Å². The van der Waals surface area contributed by atoms with Crippen molar-refractivity contribution in [2.24, 2.45) is 10.7 Å². The molecule has 0 heterocycles. The average Bonchev–Trinajstić information content (AvgIpc) is 1.61. The summed E-state index contributed by atoms with van der Waals surface area (Å²) in [5.41, 5.74) is 6.09. The molecule has 0 rings (SSSR count). The summed E-state index contributed by atoms with van der Waals surface area (Å²) >= 11 is 0. The van der Waals surface area contributed by atoms with Crippen LogP contribution in [0.1, 0.15) is 13.8 Å². The normalized spacial score (nSPS) is 9.43. The summed E-state index contributed by atoms with van der Waals surface area (Å²) in [6.07, 6.45) is 2.98. The van der Waals surface area contributed by atoms with E-state index < -0.39 is 0 Å². The van der Waals surface area contributed by atoms with Crippen molar-refractivity contribution in [3.05, 3.63) is 11.8 Å². The van der Waals surface area contributed by atoms with E-state index in [4.69, 9.17) is 5.73 Å². The Hall–Kier alpha value is -0.790. The van der Waals surface area contributed by atoms with Gasteiger partial charge < -0.3 is 5.73 Å². The maximum Gasteiger partial charge on any atom is 0.0852 e. The summed E-state index contributed by atoms with van der Waals surface area (Å²) < 4.78 is 0. The third-order valence-corrected chi connectivity index (χ3v) is 0.419. The second kappa shape index (κ2) is 3.40. The highest BCUT2D eigenvalue weighted by molar-refractivity contribution is 5.52. The van der Waals surface area contributed by atoms with Crippen molar-refractivity contribution in [3.63, 3.8) is 0 Å². The Bertz CT molecular complexity index is 88.3. The Morgan fingerprint density at radius 2 is 2.14 bits per heavy atom. The lowest BCUT2D eigenvalue weighted by atomic mass is 10.4. The van der Waals surface area contributed by atoms with E-state index in [1.54, 1.807) is 6.20 Å². The quantitative estimate of drug-likeness (QED) is 0.384. The van der Waals surface area contributed by atoms with Crippen molar-refractivity contribution < 1.29 is 0 Å². The van der Waals surface area contributed by atoms with Gasteiger partial charge in [-0.1, -0.05) is 5.57 Å². The lowest BCUT2D eigenvalue weighted by Gasteiger charge is -1.78. The molecule has 2 nitrogen and oxygen atoms in total. The molecular formula is C5H10N2. The number of hydrogen-bond acceptors (Lipinski definition) is 1. The number of hydrogen-bond donors (Lipinski definition) is 1. The smallest absolute Gasteiger partial charge is 0.0852 e. The monoisotopic (exact) mass is 98.1 g/mol. The van der Waals surface area contributed by atoms with Crippen molar-refractivity contribution in [3.8, 4) is 0 Å². The number of allylic oxidation sites excluding steroid dienone is 1. The maximum absolute atomic E-state index is 4.94. The lowest BCUT2D eigenvalue weighted by molar-refractivity contribution is 1.34. The zero-order valence-electron chi connectivity index (χ0n) is 4.68. The minimum absolute atomic E-state index is 1.15. The van der Waals surface area contributed by atoms with Crippen LogP contribution in [-0.2, 0) is 0 Å². The second-order valence-corrected chi connectivity index (χ2v) is 1.50. The van der Waals surface area contributed by atoms with Crippen molar-refractivity contribution in [2.75, 3.05) is 0 Å². The summed E-state index contributed by atoms with van der Waals surface area (Å²) in [7, 11) is 0. The van der Waals surface area contributed by atoms with Gasteiger partial charge in [0.25, 0.3) is 0 Å². The summed E-state index contributed by atoms with van der Waals surface area (Å²) in [6, 6.07) is 0. The zero-order valence-corrected chi connectivity index (χ0v) is 4.68. The molecule has 0 amide bonds. The van der Waals surface area contributed by atoms with Crippen LogP contribution in [-0.4, -0.2) is 6.34 Å². The molecule has 0 bridgehead atoms. The molecule has 0 aliphatic heterocycles. The standard InChI is InChI=1S/C5H10N2/c1-5(2)3-7-4-6/h3-4H,1-2H3,(H2,6,7). The second-order valence-electron chi connectivity index (χ2n) is 1.50. The Kier molecular flexibility index (Phi) is 3.02. The van der Waals surface area contributed by atoms with Crippen LogP contribution in [0.25, 0.3) is 0 Å². The van der Waals surface area contributed by atoms with Crippen LogP contribution in [0.2, 0.25) is 0 Å². The van der Waals surface area contributed by atoms with E-state index in [2.05, 4.69) is 4.99 Å².